The molecule has 0 aromatic heterocycles. The van der Waals surface area contributed by atoms with E-state index < -0.39 is 5.60 Å². The molecule has 1 fully saturated rings. The summed E-state index contributed by atoms with van der Waals surface area (Å²) in [5.41, 5.74) is -1.08. The lowest BCUT2D eigenvalue weighted by atomic mass is 9.79. The van der Waals surface area contributed by atoms with Crippen LogP contribution in [0, 0.1) is 17.2 Å². The molecule has 2 nitrogen and oxygen atoms in total. The third-order valence-corrected chi connectivity index (χ3v) is 2.63. The van der Waals surface area contributed by atoms with Gasteiger partial charge in [-0.05, 0) is 19.8 Å². The average Bonchev–Trinajstić information content (AvgIpc) is 2.06. The lowest BCUT2D eigenvalue weighted by Gasteiger charge is -2.29. The Kier molecular flexibility index (Phi) is 2.51. The molecule has 1 saturated carbocycles. The number of nitriles is 1. The fraction of sp³-hybridized carbons (Fsp3) is 0.889. The number of rotatable bonds is 1. The van der Waals surface area contributed by atoms with Gasteiger partial charge in [-0.25, -0.2) is 0 Å². The van der Waals surface area contributed by atoms with Crippen molar-refractivity contribution >= 4 is 0 Å². The van der Waals surface area contributed by atoms with E-state index in [0.717, 1.165) is 12.8 Å². The van der Waals surface area contributed by atoms with E-state index >= 15 is 0 Å². The average molecular weight is 153 g/mol. The van der Waals surface area contributed by atoms with Crippen LogP contribution in [0.4, 0.5) is 0 Å². The molecule has 1 N–H and O–H groups in total. The standard InChI is InChI=1S/C9H15NO/c1-9(11,7-10)8-5-3-2-4-6-8/h8,11H,2-6H2,1H3/t9-/m1/s1. The summed E-state index contributed by atoms with van der Waals surface area (Å²) in [5, 5.41) is 18.2. The molecule has 1 aliphatic carbocycles. The summed E-state index contributed by atoms with van der Waals surface area (Å²) in [7, 11) is 0. The Hall–Kier alpha value is -0.550. The van der Waals surface area contributed by atoms with Crippen LogP contribution in [0.5, 0.6) is 0 Å². The summed E-state index contributed by atoms with van der Waals surface area (Å²) >= 11 is 0. The summed E-state index contributed by atoms with van der Waals surface area (Å²) in [6, 6.07) is 1.97. The summed E-state index contributed by atoms with van der Waals surface area (Å²) in [6.45, 7) is 1.63. The Balaban J connectivity index is 2.52. The molecule has 62 valence electrons. The highest BCUT2D eigenvalue weighted by atomic mass is 16.3. The molecular weight excluding hydrogens is 138 g/mol. The van der Waals surface area contributed by atoms with Gasteiger partial charge >= 0.3 is 0 Å². The lowest BCUT2D eigenvalue weighted by molar-refractivity contribution is 0.0349. The van der Waals surface area contributed by atoms with E-state index in [0.29, 0.717) is 0 Å². The Labute approximate surface area is 67.8 Å². The molecule has 0 spiro atoms. The maximum Gasteiger partial charge on any atom is 0.151 e. The quantitative estimate of drug-likeness (QED) is 0.584. The van der Waals surface area contributed by atoms with Crippen molar-refractivity contribution in [3.05, 3.63) is 0 Å². The van der Waals surface area contributed by atoms with Crippen molar-refractivity contribution < 1.29 is 5.11 Å². The van der Waals surface area contributed by atoms with Gasteiger partial charge in [0.1, 0.15) is 0 Å². The first-order valence-electron chi connectivity index (χ1n) is 4.30. The third kappa shape index (κ3) is 1.94. The largest absolute Gasteiger partial charge is 0.375 e. The molecule has 1 rings (SSSR count). The van der Waals surface area contributed by atoms with Crippen LogP contribution in [0.3, 0.4) is 0 Å². The van der Waals surface area contributed by atoms with Crippen LogP contribution >= 0.6 is 0 Å². The molecule has 0 aliphatic heterocycles. The first-order valence-corrected chi connectivity index (χ1v) is 4.30. The minimum atomic E-state index is -1.08. The summed E-state index contributed by atoms with van der Waals surface area (Å²) in [5.74, 6) is 0.209. The molecular formula is C9H15NO. The lowest BCUT2D eigenvalue weighted by Crippen LogP contribution is -2.34. The molecule has 1 atom stereocenters. The van der Waals surface area contributed by atoms with Crippen LogP contribution in [-0.2, 0) is 0 Å². The molecule has 0 bridgehead atoms. The molecule has 11 heavy (non-hydrogen) atoms. The van der Waals surface area contributed by atoms with Crippen LogP contribution in [0.2, 0.25) is 0 Å². The highest BCUT2D eigenvalue weighted by Crippen LogP contribution is 2.31. The van der Waals surface area contributed by atoms with Crippen molar-refractivity contribution in [1.82, 2.24) is 0 Å². The van der Waals surface area contributed by atoms with Gasteiger partial charge in [-0.1, -0.05) is 19.3 Å². The third-order valence-electron chi connectivity index (χ3n) is 2.63. The van der Waals surface area contributed by atoms with Crippen LogP contribution in [0.15, 0.2) is 0 Å². The molecule has 2 heteroatoms. The predicted octanol–water partition coefficient (Wildman–Crippen LogP) is 1.84. The number of aliphatic hydroxyl groups is 1. The zero-order valence-corrected chi connectivity index (χ0v) is 7.01. The highest BCUT2D eigenvalue weighted by molar-refractivity contribution is 5.01. The topological polar surface area (TPSA) is 44.0 Å². The van der Waals surface area contributed by atoms with Crippen molar-refractivity contribution in [3.8, 4) is 6.07 Å². The minimum absolute atomic E-state index is 0.209. The maximum absolute atomic E-state index is 9.59. The van der Waals surface area contributed by atoms with Crippen LogP contribution in [0.1, 0.15) is 39.0 Å². The van der Waals surface area contributed by atoms with Crippen molar-refractivity contribution in [2.75, 3.05) is 0 Å². The summed E-state index contributed by atoms with van der Waals surface area (Å²) < 4.78 is 0. The minimum Gasteiger partial charge on any atom is -0.375 e. The van der Waals surface area contributed by atoms with Gasteiger partial charge in [0, 0.05) is 5.92 Å². The molecule has 0 aromatic carbocycles. The zero-order chi connectivity index (χ0) is 8.32. The highest BCUT2D eigenvalue weighted by Gasteiger charge is 2.32. The molecule has 0 saturated heterocycles. The van der Waals surface area contributed by atoms with Crippen molar-refractivity contribution in [2.45, 2.75) is 44.6 Å². The fourth-order valence-corrected chi connectivity index (χ4v) is 1.76. The number of hydrogen-bond acceptors (Lipinski definition) is 2. The van der Waals surface area contributed by atoms with Gasteiger partial charge in [-0.15, -0.1) is 0 Å². The second-order valence-electron chi connectivity index (χ2n) is 3.59. The summed E-state index contributed by atoms with van der Waals surface area (Å²) in [6.07, 6.45) is 5.63. The number of hydrogen-bond donors (Lipinski definition) is 1. The van der Waals surface area contributed by atoms with Gasteiger partial charge in [-0.3, -0.25) is 0 Å². The van der Waals surface area contributed by atoms with E-state index in [-0.39, 0.29) is 5.92 Å². The fourth-order valence-electron chi connectivity index (χ4n) is 1.76. The van der Waals surface area contributed by atoms with E-state index in [1.165, 1.54) is 19.3 Å². The molecule has 0 amide bonds. The SMILES string of the molecule is C[C@@](O)(C#N)C1CCCCC1. The normalized spacial score (nSPS) is 25.5. The maximum atomic E-state index is 9.59. The van der Waals surface area contributed by atoms with Crippen LogP contribution in [-0.4, -0.2) is 10.7 Å². The smallest absolute Gasteiger partial charge is 0.151 e. The van der Waals surface area contributed by atoms with E-state index in [2.05, 4.69) is 0 Å². The molecule has 0 unspecified atom stereocenters. The van der Waals surface area contributed by atoms with Gasteiger partial charge in [0.2, 0.25) is 0 Å². The molecule has 0 aromatic rings. The Morgan fingerprint density at radius 3 is 2.36 bits per heavy atom. The van der Waals surface area contributed by atoms with Gasteiger partial charge in [0.05, 0.1) is 6.07 Å². The first kappa shape index (κ1) is 8.55. The second kappa shape index (κ2) is 3.23. The predicted molar refractivity (Wildman–Crippen MR) is 42.8 cm³/mol. The second-order valence-corrected chi connectivity index (χ2v) is 3.59. The van der Waals surface area contributed by atoms with Gasteiger partial charge in [-0.2, -0.15) is 5.26 Å². The Morgan fingerprint density at radius 1 is 1.36 bits per heavy atom. The summed E-state index contributed by atoms with van der Waals surface area (Å²) in [4.78, 5) is 0. The monoisotopic (exact) mass is 153 g/mol. The first-order chi connectivity index (χ1) is 5.17. The van der Waals surface area contributed by atoms with Gasteiger partial charge < -0.3 is 5.11 Å². The van der Waals surface area contributed by atoms with Gasteiger partial charge in [0.25, 0.3) is 0 Å². The zero-order valence-electron chi connectivity index (χ0n) is 7.01. The molecule has 0 radical (unpaired) electrons. The van der Waals surface area contributed by atoms with E-state index in [4.69, 9.17) is 5.26 Å². The van der Waals surface area contributed by atoms with Crippen molar-refractivity contribution in [3.63, 3.8) is 0 Å². The van der Waals surface area contributed by atoms with E-state index in [9.17, 15) is 5.11 Å². The van der Waals surface area contributed by atoms with Crippen molar-refractivity contribution in [2.24, 2.45) is 5.92 Å². The van der Waals surface area contributed by atoms with Gasteiger partial charge in [0.15, 0.2) is 5.60 Å². The van der Waals surface area contributed by atoms with Crippen molar-refractivity contribution in [1.29, 1.82) is 5.26 Å². The molecule has 0 heterocycles. The number of nitrogens with zero attached hydrogens (tertiary/aromatic N) is 1. The molecule has 1 aliphatic rings. The van der Waals surface area contributed by atoms with E-state index in [1.54, 1.807) is 6.92 Å². The Bertz CT molecular complexity index is 163. The van der Waals surface area contributed by atoms with E-state index in [1.807, 2.05) is 6.07 Å². The Morgan fingerprint density at radius 2 is 1.91 bits per heavy atom. The van der Waals surface area contributed by atoms with Crippen LogP contribution < -0.4 is 0 Å². The van der Waals surface area contributed by atoms with Crippen LogP contribution in [0.25, 0.3) is 0 Å².